The first-order valence-electron chi connectivity index (χ1n) is 8.96. The Labute approximate surface area is 170 Å². The van der Waals surface area contributed by atoms with Crippen LogP contribution in [0.3, 0.4) is 0 Å². The Balaban J connectivity index is 1.81. The Morgan fingerprint density at radius 3 is 2.52 bits per heavy atom. The molecule has 0 unspecified atom stereocenters. The van der Waals surface area contributed by atoms with Crippen LogP contribution < -0.4 is 4.74 Å². The fraction of sp³-hybridized carbons (Fsp3) is 0.286. The second kappa shape index (κ2) is 7.68. The SMILES string of the molecule is CC(C)(C)n1ncc(C#N)c1-c1ccc(OCc2cccc(S(C)(=O)=O)c2)cn1. The molecule has 150 valence electrons. The summed E-state index contributed by atoms with van der Waals surface area (Å²) < 4.78 is 30.9. The maximum Gasteiger partial charge on any atom is 0.175 e. The van der Waals surface area contributed by atoms with E-state index in [1.807, 2.05) is 20.8 Å². The van der Waals surface area contributed by atoms with E-state index in [4.69, 9.17) is 4.74 Å². The van der Waals surface area contributed by atoms with Crippen molar-refractivity contribution in [2.45, 2.75) is 37.8 Å². The molecule has 2 heterocycles. The summed E-state index contributed by atoms with van der Waals surface area (Å²) in [6, 6.07) is 12.4. The molecular formula is C21H22N4O3S. The van der Waals surface area contributed by atoms with E-state index in [9.17, 15) is 13.7 Å². The van der Waals surface area contributed by atoms with Crippen LogP contribution in [0, 0.1) is 11.3 Å². The van der Waals surface area contributed by atoms with E-state index in [-0.39, 0.29) is 17.0 Å². The second-order valence-corrected chi connectivity index (χ2v) is 9.70. The first-order chi connectivity index (χ1) is 13.6. The molecule has 0 saturated heterocycles. The Bertz CT molecular complexity index is 1170. The number of benzene rings is 1. The Hall–Kier alpha value is -3.18. The highest BCUT2D eigenvalue weighted by Crippen LogP contribution is 2.28. The molecule has 0 aliphatic rings. The molecule has 0 aliphatic heterocycles. The number of nitriles is 1. The zero-order chi connectivity index (χ0) is 21.2. The number of rotatable bonds is 5. The summed E-state index contributed by atoms with van der Waals surface area (Å²) in [5, 5.41) is 13.7. The van der Waals surface area contributed by atoms with E-state index in [2.05, 4.69) is 16.2 Å². The van der Waals surface area contributed by atoms with Crippen molar-refractivity contribution in [3.05, 3.63) is 59.9 Å². The van der Waals surface area contributed by atoms with Crippen molar-refractivity contribution in [2.24, 2.45) is 0 Å². The van der Waals surface area contributed by atoms with Crippen molar-refractivity contribution in [1.82, 2.24) is 14.8 Å². The lowest BCUT2D eigenvalue weighted by Gasteiger charge is -2.22. The van der Waals surface area contributed by atoms with Crippen LogP contribution in [0.2, 0.25) is 0 Å². The molecule has 7 nitrogen and oxygen atoms in total. The molecule has 0 amide bonds. The van der Waals surface area contributed by atoms with Gasteiger partial charge in [0.25, 0.3) is 0 Å². The van der Waals surface area contributed by atoms with Gasteiger partial charge < -0.3 is 4.74 Å². The molecule has 0 saturated carbocycles. The van der Waals surface area contributed by atoms with Gasteiger partial charge in [0.15, 0.2) is 9.84 Å². The van der Waals surface area contributed by atoms with E-state index in [1.165, 1.54) is 6.26 Å². The van der Waals surface area contributed by atoms with Crippen LogP contribution in [0.15, 0.2) is 53.7 Å². The van der Waals surface area contributed by atoms with Crippen LogP contribution in [0.1, 0.15) is 31.9 Å². The molecule has 8 heteroatoms. The fourth-order valence-electron chi connectivity index (χ4n) is 2.82. The lowest BCUT2D eigenvalue weighted by Crippen LogP contribution is -2.24. The van der Waals surface area contributed by atoms with Gasteiger partial charge in [0, 0.05) is 6.26 Å². The maximum absolute atomic E-state index is 11.7. The summed E-state index contributed by atoms with van der Waals surface area (Å²) >= 11 is 0. The first-order valence-corrected chi connectivity index (χ1v) is 10.9. The van der Waals surface area contributed by atoms with Crippen molar-refractivity contribution < 1.29 is 13.2 Å². The molecule has 3 aromatic rings. The van der Waals surface area contributed by atoms with Gasteiger partial charge in [-0.05, 0) is 50.6 Å². The fourth-order valence-corrected chi connectivity index (χ4v) is 3.51. The molecule has 29 heavy (non-hydrogen) atoms. The topological polar surface area (TPSA) is 97.9 Å². The highest BCUT2D eigenvalue weighted by molar-refractivity contribution is 7.90. The van der Waals surface area contributed by atoms with Crippen LogP contribution in [-0.4, -0.2) is 29.4 Å². The zero-order valence-corrected chi connectivity index (χ0v) is 17.6. The molecule has 0 aliphatic carbocycles. The minimum absolute atomic E-state index is 0.216. The number of sulfone groups is 1. The summed E-state index contributed by atoms with van der Waals surface area (Å²) in [4.78, 5) is 4.70. The van der Waals surface area contributed by atoms with Crippen molar-refractivity contribution in [1.29, 1.82) is 5.26 Å². The number of hydrogen-bond donors (Lipinski definition) is 0. The van der Waals surface area contributed by atoms with Crippen molar-refractivity contribution in [2.75, 3.05) is 6.26 Å². The quantitative estimate of drug-likeness (QED) is 0.638. The average Bonchev–Trinajstić information content (AvgIpc) is 3.11. The third kappa shape index (κ3) is 4.63. The van der Waals surface area contributed by atoms with Crippen LogP contribution >= 0.6 is 0 Å². The van der Waals surface area contributed by atoms with Crippen LogP contribution in [0.4, 0.5) is 0 Å². The van der Waals surface area contributed by atoms with E-state index in [0.717, 1.165) is 5.56 Å². The highest BCUT2D eigenvalue weighted by Gasteiger charge is 2.23. The number of ether oxygens (including phenoxy) is 1. The molecule has 0 spiro atoms. The van der Waals surface area contributed by atoms with Crippen molar-refractivity contribution >= 4 is 9.84 Å². The second-order valence-electron chi connectivity index (χ2n) is 7.69. The average molecular weight is 410 g/mol. The van der Waals surface area contributed by atoms with Crippen LogP contribution in [0.25, 0.3) is 11.4 Å². The third-order valence-corrected chi connectivity index (χ3v) is 5.35. The van der Waals surface area contributed by atoms with Gasteiger partial charge in [-0.15, -0.1) is 0 Å². The first kappa shape index (κ1) is 20.6. The van der Waals surface area contributed by atoms with Gasteiger partial charge in [0.2, 0.25) is 0 Å². The minimum atomic E-state index is -3.26. The third-order valence-electron chi connectivity index (χ3n) is 4.24. The Morgan fingerprint density at radius 1 is 1.17 bits per heavy atom. The highest BCUT2D eigenvalue weighted by atomic mass is 32.2. The number of hydrogen-bond acceptors (Lipinski definition) is 6. The predicted octanol–water partition coefficient (Wildman–Crippen LogP) is 3.55. The van der Waals surface area contributed by atoms with E-state index >= 15 is 0 Å². The lowest BCUT2D eigenvalue weighted by molar-refractivity contribution is 0.304. The molecule has 0 fully saturated rings. The molecular weight excluding hydrogens is 388 g/mol. The largest absolute Gasteiger partial charge is 0.487 e. The summed E-state index contributed by atoms with van der Waals surface area (Å²) in [5.41, 5.74) is 2.19. The minimum Gasteiger partial charge on any atom is -0.487 e. The molecule has 0 atom stereocenters. The molecule has 0 bridgehead atoms. The summed E-state index contributed by atoms with van der Waals surface area (Å²) in [6.07, 6.45) is 4.30. The Morgan fingerprint density at radius 2 is 1.93 bits per heavy atom. The number of aromatic nitrogens is 3. The van der Waals surface area contributed by atoms with Crippen LogP contribution in [0.5, 0.6) is 5.75 Å². The van der Waals surface area contributed by atoms with Gasteiger partial charge in [-0.3, -0.25) is 9.67 Å². The summed E-state index contributed by atoms with van der Waals surface area (Å²) in [7, 11) is -3.26. The van der Waals surface area contributed by atoms with Gasteiger partial charge >= 0.3 is 0 Å². The molecule has 1 aromatic carbocycles. The smallest absolute Gasteiger partial charge is 0.175 e. The molecule has 3 rings (SSSR count). The zero-order valence-electron chi connectivity index (χ0n) is 16.7. The van der Waals surface area contributed by atoms with Gasteiger partial charge in [-0.2, -0.15) is 10.4 Å². The monoisotopic (exact) mass is 410 g/mol. The van der Waals surface area contributed by atoms with Gasteiger partial charge in [-0.1, -0.05) is 12.1 Å². The standard InChI is InChI=1S/C21H22N4O3S/c1-21(2,3)25-20(16(11-22)12-24-25)19-9-8-17(13-23-19)28-14-15-6-5-7-18(10-15)29(4,26)27/h5-10,12-13H,14H2,1-4H3. The number of pyridine rings is 1. The summed E-state index contributed by atoms with van der Waals surface area (Å²) in [6.45, 7) is 6.24. The molecule has 0 N–H and O–H groups in total. The summed E-state index contributed by atoms with van der Waals surface area (Å²) in [5.74, 6) is 0.541. The van der Waals surface area contributed by atoms with E-state index < -0.39 is 9.84 Å². The molecule has 0 radical (unpaired) electrons. The van der Waals surface area contributed by atoms with Crippen LogP contribution in [-0.2, 0) is 22.0 Å². The molecule has 2 aromatic heterocycles. The number of nitrogens with zero attached hydrogens (tertiary/aromatic N) is 4. The van der Waals surface area contributed by atoms with Crippen molar-refractivity contribution in [3.63, 3.8) is 0 Å². The van der Waals surface area contributed by atoms with Gasteiger partial charge in [-0.25, -0.2) is 8.42 Å². The normalized spacial score (nSPS) is 11.8. The maximum atomic E-state index is 11.7. The predicted molar refractivity (Wildman–Crippen MR) is 109 cm³/mol. The van der Waals surface area contributed by atoms with Crippen molar-refractivity contribution in [3.8, 4) is 23.2 Å². The van der Waals surface area contributed by atoms with Gasteiger partial charge in [0.05, 0.1) is 34.1 Å². The van der Waals surface area contributed by atoms with Gasteiger partial charge in [0.1, 0.15) is 24.1 Å². The Kier molecular flexibility index (Phi) is 5.44. The van der Waals surface area contributed by atoms with E-state index in [0.29, 0.717) is 22.7 Å². The van der Waals surface area contributed by atoms with E-state index in [1.54, 1.807) is 53.5 Å². The lowest BCUT2D eigenvalue weighted by atomic mass is 10.1.